The van der Waals surface area contributed by atoms with Crippen molar-refractivity contribution in [3.63, 3.8) is 0 Å². The molecule has 130 valence electrons. The normalized spacial score (nSPS) is 13.7. The number of hydrogen-bond donors (Lipinski definition) is 2. The SMILES string of the molecule is COC(=O)c1cccc(OC[C@@H](O)C[NH2+][C@H](C)CCC(C)C)c1. The van der Waals surface area contributed by atoms with Crippen LogP contribution in [-0.4, -0.2) is 43.5 Å². The van der Waals surface area contributed by atoms with E-state index in [4.69, 9.17) is 4.74 Å². The predicted octanol–water partition coefficient (Wildman–Crippen LogP) is 1.60. The van der Waals surface area contributed by atoms with Gasteiger partial charge in [0.25, 0.3) is 0 Å². The summed E-state index contributed by atoms with van der Waals surface area (Å²) in [4.78, 5) is 11.5. The molecule has 0 heterocycles. The van der Waals surface area contributed by atoms with Gasteiger partial charge in [-0.05, 0) is 43.9 Å². The highest BCUT2D eigenvalue weighted by molar-refractivity contribution is 5.89. The minimum absolute atomic E-state index is 0.206. The van der Waals surface area contributed by atoms with Crippen molar-refractivity contribution >= 4 is 5.97 Å². The average Bonchev–Trinajstić information content (AvgIpc) is 2.55. The first-order valence-electron chi connectivity index (χ1n) is 8.25. The number of methoxy groups -OCH3 is 1. The molecule has 3 N–H and O–H groups in total. The molecule has 0 aliphatic rings. The number of rotatable bonds is 10. The van der Waals surface area contributed by atoms with Gasteiger partial charge in [0.05, 0.1) is 18.7 Å². The average molecular weight is 324 g/mol. The summed E-state index contributed by atoms with van der Waals surface area (Å²) in [7, 11) is 1.34. The Bertz CT molecular complexity index is 476. The molecule has 23 heavy (non-hydrogen) atoms. The fourth-order valence-electron chi connectivity index (χ4n) is 2.19. The Labute approximate surface area is 139 Å². The van der Waals surface area contributed by atoms with E-state index in [1.807, 2.05) is 0 Å². The Hall–Kier alpha value is -1.59. The number of hydrogen-bond acceptors (Lipinski definition) is 4. The van der Waals surface area contributed by atoms with Crippen LogP contribution < -0.4 is 10.1 Å². The summed E-state index contributed by atoms with van der Waals surface area (Å²) in [6.45, 7) is 7.43. The lowest BCUT2D eigenvalue weighted by Crippen LogP contribution is -2.91. The van der Waals surface area contributed by atoms with Gasteiger partial charge in [-0.15, -0.1) is 0 Å². The van der Waals surface area contributed by atoms with Gasteiger partial charge < -0.3 is 19.9 Å². The van der Waals surface area contributed by atoms with Crippen LogP contribution in [-0.2, 0) is 4.74 Å². The highest BCUT2D eigenvalue weighted by atomic mass is 16.5. The molecular weight excluding hydrogens is 294 g/mol. The molecule has 0 aliphatic carbocycles. The van der Waals surface area contributed by atoms with Crippen molar-refractivity contribution in [2.75, 3.05) is 20.3 Å². The third-order valence-corrected chi connectivity index (χ3v) is 3.71. The lowest BCUT2D eigenvalue weighted by Gasteiger charge is -2.16. The number of carbonyl (C=O) groups excluding carboxylic acids is 1. The van der Waals surface area contributed by atoms with Gasteiger partial charge in [0.1, 0.15) is 25.0 Å². The number of nitrogens with two attached hydrogens (primary N) is 1. The Morgan fingerprint density at radius 1 is 1.26 bits per heavy atom. The van der Waals surface area contributed by atoms with Crippen LogP contribution >= 0.6 is 0 Å². The van der Waals surface area contributed by atoms with Crippen molar-refractivity contribution in [1.82, 2.24) is 0 Å². The Morgan fingerprint density at radius 2 is 2.00 bits per heavy atom. The van der Waals surface area contributed by atoms with E-state index in [9.17, 15) is 9.90 Å². The molecule has 5 heteroatoms. The van der Waals surface area contributed by atoms with Gasteiger partial charge in [-0.2, -0.15) is 0 Å². The monoisotopic (exact) mass is 324 g/mol. The van der Waals surface area contributed by atoms with E-state index >= 15 is 0 Å². The zero-order valence-electron chi connectivity index (χ0n) is 14.6. The molecule has 0 amide bonds. The molecule has 1 aromatic carbocycles. The maximum atomic E-state index is 11.5. The second kappa shape index (κ2) is 10.2. The van der Waals surface area contributed by atoms with Crippen LogP contribution in [0.4, 0.5) is 0 Å². The van der Waals surface area contributed by atoms with Gasteiger partial charge in [0, 0.05) is 0 Å². The molecule has 5 nitrogen and oxygen atoms in total. The van der Waals surface area contributed by atoms with Crippen LogP contribution in [0.2, 0.25) is 0 Å². The molecule has 0 radical (unpaired) electrons. The van der Waals surface area contributed by atoms with Crippen LogP contribution in [0.3, 0.4) is 0 Å². The molecule has 0 bridgehead atoms. The van der Waals surface area contributed by atoms with Crippen LogP contribution in [0.15, 0.2) is 24.3 Å². The predicted molar refractivity (Wildman–Crippen MR) is 89.6 cm³/mol. The first-order chi connectivity index (χ1) is 10.9. The summed E-state index contributed by atoms with van der Waals surface area (Å²) >= 11 is 0. The smallest absolute Gasteiger partial charge is 0.337 e. The van der Waals surface area contributed by atoms with Crippen molar-refractivity contribution in [2.45, 2.75) is 45.8 Å². The van der Waals surface area contributed by atoms with Crippen molar-refractivity contribution in [1.29, 1.82) is 0 Å². The van der Waals surface area contributed by atoms with E-state index in [0.29, 0.717) is 29.8 Å². The largest absolute Gasteiger partial charge is 0.491 e. The summed E-state index contributed by atoms with van der Waals surface area (Å²) in [5.74, 6) is 0.865. The van der Waals surface area contributed by atoms with Crippen LogP contribution in [0.5, 0.6) is 5.75 Å². The molecule has 0 aliphatic heterocycles. The van der Waals surface area contributed by atoms with E-state index < -0.39 is 12.1 Å². The van der Waals surface area contributed by atoms with Gasteiger partial charge in [0.15, 0.2) is 0 Å². The van der Waals surface area contributed by atoms with E-state index in [1.54, 1.807) is 24.3 Å². The highest BCUT2D eigenvalue weighted by Gasteiger charge is 2.12. The molecule has 0 aromatic heterocycles. The minimum atomic E-state index is -0.543. The number of benzene rings is 1. The number of aliphatic hydroxyl groups excluding tert-OH is 1. The second-order valence-electron chi connectivity index (χ2n) is 6.40. The van der Waals surface area contributed by atoms with Crippen LogP contribution in [0, 0.1) is 5.92 Å². The van der Waals surface area contributed by atoms with Gasteiger partial charge in [-0.1, -0.05) is 19.9 Å². The lowest BCUT2D eigenvalue weighted by molar-refractivity contribution is -0.692. The third kappa shape index (κ3) is 8.00. The maximum Gasteiger partial charge on any atom is 0.337 e. The molecule has 0 saturated heterocycles. The fourth-order valence-corrected chi connectivity index (χ4v) is 2.19. The summed E-state index contributed by atoms with van der Waals surface area (Å²) in [6.07, 6.45) is 1.80. The Kier molecular flexibility index (Phi) is 8.66. The van der Waals surface area contributed by atoms with Crippen molar-refractivity contribution in [3.05, 3.63) is 29.8 Å². The summed E-state index contributed by atoms with van der Waals surface area (Å²) in [5, 5.41) is 12.2. The number of quaternary nitrogens is 1. The standard InChI is InChI=1S/C18H29NO4/c1-13(2)8-9-14(3)19-11-16(20)12-23-17-7-5-6-15(10-17)18(21)22-4/h5-7,10,13-14,16,19-20H,8-9,11-12H2,1-4H3/p+1/t14-,16+/m1/s1. The van der Waals surface area contributed by atoms with Crippen LogP contribution in [0.25, 0.3) is 0 Å². The molecule has 2 atom stereocenters. The fraction of sp³-hybridized carbons (Fsp3) is 0.611. The van der Waals surface area contributed by atoms with E-state index in [2.05, 4.69) is 30.8 Å². The Balaban J connectivity index is 2.33. The number of aliphatic hydroxyl groups is 1. The van der Waals surface area contributed by atoms with E-state index in [-0.39, 0.29) is 6.61 Å². The lowest BCUT2D eigenvalue weighted by atomic mass is 10.0. The van der Waals surface area contributed by atoms with Crippen LogP contribution in [0.1, 0.15) is 44.0 Å². The molecular formula is C18H30NO4+. The summed E-state index contributed by atoms with van der Waals surface area (Å²) in [5.41, 5.74) is 0.438. The summed E-state index contributed by atoms with van der Waals surface area (Å²) < 4.78 is 10.2. The molecule has 0 spiro atoms. The van der Waals surface area contributed by atoms with Gasteiger partial charge in [-0.3, -0.25) is 0 Å². The molecule has 0 saturated carbocycles. The second-order valence-corrected chi connectivity index (χ2v) is 6.40. The molecule has 0 unspecified atom stereocenters. The maximum absolute atomic E-state index is 11.5. The van der Waals surface area contributed by atoms with Gasteiger partial charge in [0.2, 0.25) is 0 Å². The van der Waals surface area contributed by atoms with Crippen molar-refractivity contribution in [3.8, 4) is 5.75 Å². The zero-order chi connectivity index (χ0) is 17.2. The Morgan fingerprint density at radius 3 is 2.65 bits per heavy atom. The van der Waals surface area contributed by atoms with Crippen molar-refractivity contribution in [2.24, 2.45) is 5.92 Å². The topological polar surface area (TPSA) is 72.4 Å². The van der Waals surface area contributed by atoms with E-state index in [1.165, 1.54) is 13.5 Å². The van der Waals surface area contributed by atoms with Crippen molar-refractivity contribution < 1.29 is 24.7 Å². The van der Waals surface area contributed by atoms with Gasteiger partial charge >= 0.3 is 5.97 Å². The highest BCUT2D eigenvalue weighted by Crippen LogP contribution is 2.14. The zero-order valence-corrected chi connectivity index (χ0v) is 14.6. The number of carbonyl (C=O) groups is 1. The molecule has 1 aromatic rings. The first kappa shape index (κ1) is 19.5. The van der Waals surface area contributed by atoms with E-state index in [0.717, 1.165) is 6.42 Å². The summed E-state index contributed by atoms with van der Waals surface area (Å²) in [6, 6.07) is 7.27. The quantitative estimate of drug-likeness (QED) is 0.641. The minimum Gasteiger partial charge on any atom is -0.491 e. The third-order valence-electron chi connectivity index (χ3n) is 3.71. The first-order valence-corrected chi connectivity index (χ1v) is 8.25. The molecule has 0 fully saturated rings. The van der Waals surface area contributed by atoms with Gasteiger partial charge in [-0.25, -0.2) is 4.79 Å². The molecule has 1 rings (SSSR count). The number of esters is 1. The number of ether oxygens (including phenoxy) is 2.